The van der Waals surface area contributed by atoms with E-state index in [-0.39, 0.29) is 11.8 Å². The lowest BCUT2D eigenvalue weighted by molar-refractivity contribution is -0.122. The molecule has 0 bridgehead atoms. The Morgan fingerprint density at radius 1 is 1.39 bits per heavy atom. The summed E-state index contributed by atoms with van der Waals surface area (Å²) < 4.78 is 7.13. The second-order valence-corrected chi connectivity index (χ2v) is 5.80. The number of hydrogen-bond donors (Lipinski definition) is 1. The molecule has 0 radical (unpaired) electrons. The van der Waals surface area contributed by atoms with Crippen molar-refractivity contribution < 1.29 is 9.53 Å². The molecule has 0 saturated heterocycles. The number of anilines is 1. The molecule has 0 fully saturated rings. The Kier molecular flexibility index (Phi) is 4.54. The maximum Gasteiger partial charge on any atom is 0.267 e. The first kappa shape index (κ1) is 15.4. The quantitative estimate of drug-likeness (QED) is 0.766. The summed E-state index contributed by atoms with van der Waals surface area (Å²) in [6.07, 6.45) is 0.845. The van der Waals surface area contributed by atoms with Crippen LogP contribution in [0.25, 0.3) is 5.69 Å². The highest BCUT2D eigenvalue weighted by atomic mass is 35.5. The van der Waals surface area contributed by atoms with Crippen molar-refractivity contribution in [2.45, 2.75) is 13.0 Å². The van der Waals surface area contributed by atoms with Gasteiger partial charge in [-0.25, -0.2) is 4.68 Å². The monoisotopic (exact) mass is 349 g/mol. The molecule has 2 heterocycles. The number of rotatable bonds is 5. The van der Waals surface area contributed by atoms with Gasteiger partial charge in [0.05, 0.1) is 11.9 Å². The van der Waals surface area contributed by atoms with Crippen LogP contribution in [0.4, 0.5) is 5.13 Å². The van der Waals surface area contributed by atoms with Crippen LogP contribution in [0, 0.1) is 0 Å². The van der Waals surface area contributed by atoms with E-state index in [9.17, 15) is 4.79 Å². The summed E-state index contributed by atoms with van der Waals surface area (Å²) in [5.74, 6) is -0.164. The Balaban J connectivity index is 1.70. The predicted molar refractivity (Wildman–Crippen MR) is 87.2 cm³/mol. The Morgan fingerprint density at radius 3 is 2.87 bits per heavy atom. The van der Waals surface area contributed by atoms with E-state index in [4.69, 9.17) is 16.3 Å². The van der Waals surface area contributed by atoms with E-state index in [1.165, 1.54) is 16.8 Å². The van der Waals surface area contributed by atoms with Gasteiger partial charge in [0.1, 0.15) is 10.5 Å². The van der Waals surface area contributed by atoms with Gasteiger partial charge >= 0.3 is 0 Å². The maximum atomic E-state index is 12.0. The largest absolute Gasteiger partial charge is 0.462 e. The van der Waals surface area contributed by atoms with Crippen molar-refractivity contribution in [3.8, 4) is 11.6 Å². The SMILES string of the molecule is CC(Oc1nn(-c2ccccc2)cc1Cl)C(=O)Nc1nncs1. The molecule has 2 aromatic heterocycles. The number of para-hydroxylation sites is 1. The van der Waals surface area contributed by atoms with E-state index in [2.05, 4.69) is 20.6 Å². The maximum absolute atomic E-state index is 12.0. The Labute approximate surface area is 140 Å². The summed E-state index contributed by atoms with van der Waals surface area (Å²) in [5, 5.41) is 15.0. The molecule has 7 nitrogen and oxygen atoms in total. The number of carbonyl (C=O) groups excluding carboxylic acids is 1. The highest BCUT2D eigenvalue weighted by molar-refractivity contribution is 7.13. The van der Waals surface area contributed by atoms with Gasteiger partial charge in [0.15, 0.2) is 6.10 Å². The molecular formula is C14H12ClN5O2S. The number of benzene rings is 1. The normalized spacial score (nSPS) is 11.9. The average Bonchev–Trinajstić information content (AvgIpc) is 3.18. The van der Waals surface area contributed by atoms with Gasteiger partial charge in [-0.2, -0.15) is 0 Å². The van der Waals surface area contributed by atoms with Crippen molar-refractivity contribution in [3.63, 3.8) is 0 Å². The van der Waals surface area contributed by atoms with Crippen LogP contribution in [0.1, 0.15) is 6.92 Å². The van der Waals surface area contributed by atoms with Crippen molar-refractivity contribution in [2.24, 2.45) is 0 Å². The molecule has 3 aromatic rings. The first-order valence-corrected chi connectivity index (χ1v) is 7.93. The fraction of sp³-hybridized carbons (Fsp3) is 0.143. The van der Waals surface area contributed by atoms with E-state index < -0.39 is 6.10 Å². The number of aromatic nitrogens is 4. The zero-order chi connectivity index (χ0) is 16.2. The first-order chi connectivity index (χ1) is 11.1. The van der Waals surface area contributed by atoms with Gasteiger partial charge in [0.25, 0.3) is 11.8 Å². The first-order valence-electron chi connectivity index (χ1n) is 6.68. The summed E-state index contributed by atoms with van der Waals surface area (Å²) in [5.41, 5.74) is 2.37. The molecule has 1 aromatic carbocycles. The van der Waals surface area contributed by atoms with E-state index in [1.54, 1.807) is 17.8 Å². The topological polar surface area (TPSA) is 81.9 Å². The van der Waals surface area contributed by atoms with Crippen molar-refractivity contribution in [3.05, 3.63) is 47.1 Å². The summed E-state index contributed by atoms with van der Waals surface area (Å²) >= 11 is 7.35. The van der Waals surface area contributed by atoms with Gasteiger partial charge < -0.3 is 4.74 Å². The van der Waals surface area contributed by atoms with Crippen molar-refractivity contribution in [2.75, 3.05) is 5.32 Å². The summed E-state index contributed by atoms with van der Waals surface area (Å²) in [6, 6.07) is 9.47. The van der Waals surface area contributed by atoms with Crippen molar-refractivity contribution in [1.82, 2.24) is 20.0 Å². The molecule has 0 spiro atoms. The molecule has 118 valence electrons. The molecule has 23 heavy (non-hydrogen) atoms. The fourth-order valence-electron chi connectivity index (χ4n) is 1.79. The van der Waals surface area contributed by atoms with Crippen molar-refractivity contribution in [1.29, 1.82) is 0 Å². The van der Waals surface area contributed by atoms with Gasteiger partial charge in [-0.15, -0.1) is 15.3 Å². The highest BCUT2D eigenvalue weighted by Gasteiger charge is 2.19. The summed E-state index contributed by atoms with van der Waals surface area (Å²) in [7, 11) is 0. The molecule has 1 amide bonds. The second kappa shape index (κ2) is 6.76. The van der Waals surface area contributed by atoms with Crippen molar-refractivity contribution >= 4 is 34.0 Å². The Hall–Kier alpha value is -2.45. The highest BCUT2D eigenvalue weighted by Crippen LogP contribution is 2.25. The van der Waals surface area contributed by atoms with Crippen LogP contribution in [0.15, 0.2) is 42.0 Å². The molecule has 0 saturated carbocycles. The average molecular weight is 350 g/mol. The standard InChI is InChI=1S/C14H12ClN5O2S/c1-9(12(21)17-14-18-16-8-23-14)22-13-11(15)7-20(19-13)10-5-3-2-4-6-10/h2-9H,1H3,(H,17,18,21). The molecule has 0 aliphatic heterocycles. The number of ether oxygens (including phenoxy) is 1. The van der Waals surface area contributed by atoms with E-state index in [0.717, 1.165) is 5.69 Å². The predicted octanol–water partition coefficient (Wildman–Crippen LogP) is 2.78. The molecule has 0 aliphatic rings. The van der Waals surface area contributed by atoms with Gasteiger partial charge in [0, 0.05) is 0 Å². The van der Waals surface area contributed by atoms with Gasteiger partial charge in [-0.05, 0) is 19.1 Å². The zero-order valence-electron chi connectivity index (χ0n) is 12.0. The van der Waals surface area contributed by atoms with Gasteiger partial charge in [-0.3, -0.25) is 10.1 Å². The fourth-order valence-corrected chi connectivity index (χ4v) is 2.41. The molecule has 3 rings (SSSR count). The minimum atomic E-state index is -0.782. The van der Waals surface area contributed by atoms with Crippen LogP contribution in [0.5, 0.6) is 5.88 Å². The lowest BCUT2D eigenvalue weighted by Gasteiger charge is -2.11. The molecule has 9 heteroatoms. The smallest absolute Gasteiger partial charge is 0.267 e. The number of nitrogens with one attached hydrogen (secondary N) is 1. The molecule has 1 N–H and O–H groups in total. The van der Waals surface area contributed by atoms with E-state index in [1.807, 2.05) is 30.3 Å². The molecule has 0 aliphatic carbocycles. The van der Waals surface area contributed by atoms with Crippen LogP contribution in [-0.4, -0.2) is 32.0 Å². The van der Waals surface area contributed by atoms with Gasteiger partial charge in [-0.1, -0.05) is 41.1 Å². The third kappa shape index (κ3) is 3.66. The number of hydrogen-bond acceptors (Lipinski definition) is 6. The zero-order valence-corrected chi connectivity index (χ0v) is 13.6. The van der Waals surface area contributed by atoms with Crippen LogP contribution in [0.2, 0.25) is 5.02 Å². The minimum absolute atomic E-state index is 0.190. The molecule has 1 unspecified atom stereocenters. The van der Waals surface area contributed by atoms with E-state index in [0.29, 0.717) is 10.2 Å². The van der Waals surface area contributed by atoms with Crippen LogP contribution >= 0.6 is 22.9 Å². The summed E-state index contributed by atoms with van der Waals surface area (Å²) in [6.45, 7) is 1.61. The lowest BCUT2D eigenvalue weighted by Crippen LogP contribution is -2.30. The van der Waals surface area contributed by atoms with Gasteiger partial charge in [0.2, 0.25) is 5.13 Å². The second-order valence-electron chi connectivity index (χ2n) is 4.56. The number of amides is 1. The number of carbonyl (C=O) groups is 1. The minimum Gasteiger partial charge on any atom is -0.462 e. The molecular weight excluding hydrogens is 338 g/mol. The Bertz CT molecular complexity index is 791. The third-order valence-corrected chi connectivity index (χ3v) is 3.77. The third-order valence-electron chi connectivity index (χ3n) is 2.91. The van der Waals surface area contributed by atoms with Crippen LogP contribution in [-0.2, 0) is 4.79 Å². The van der Waals surface area contributed by atoms with Crippen LogP contribution < -0.4 is 10.1 Å². The van der Waals surface area contributed by atoms with Crippen LogP contribution in [0.3, 0.4) is 0 Å². The summed E-state index contributed by atoms with van der Waals surface area (Å²) in [4.78, 5) is 12.0. The number of nitrogens with zero attached hydrogens (tertiary/aromatic N) is 4. The molecule has 1 atom stereocenters. The van der Waals surface area contributed by atoms with E-state index >= 15 is 0 Å². The lowest BCUT2D eigenvalue weighted by atomic mass is 10.3. The number of halogens is 1. The Morgan fingerprint density at radius 2 is 2.17 bits per heavy atom.